The molecule has 0 amide bonds. The van der Waals surface area contributed by atoms with Gasteiger partial charge in [0.25, 0.3) is 0 Å². The van der Waals surface area contributed by atoms with Crippen molar-refractivity contribution in [2.75, 3.05) is 6.54 Å². The number of fused-ring (bicyclic) bond motifs is 1. The Morgan fingerprint density at radius 3 is 3.38 bits per heavy atom. The third kappa shape index (κ3) is 0.386. The largest absolute Gasteiger partial charge is 0.285 e. The number of nitrogens with zero attached hydrogens (tertiary/aromatic N) is 1. The maximum absolute atomic E-state index is 4.26. The van der Waals surface area contributed by atoms with Crippen LogP contribution >= 0.6 is 0 Å². The molecule has 0 saturated carbocycles. The van der Waals surface area contributed by atoms with E-state index in [0.717, 1.165) is 13.0 Å². The molecule has 40 valence electrons. The van der Waals surface area contributed by atoms with Gasteiger partial charge >= 0.3 is 0 Å². The first-order valence-corrected chi connectivity index (χ1v) is 2.89. The molecule has 1 heterocycles. The van der Waals surface area contributed by atoms with E-state index in [4.69, 9.17) is 0 Å². The number of allylic oxidation sites excluding steroid dienone is 3. The zero-order chi connectivity index (χ0) is 5.40. The van der Waals surface area contributed by atoms with Gasteiger partial charge in [-0.3, -0.25) is 4.99 Å². The van der Waals surface area contributed by atoms with Crippen LogP contribution in [0.5, 0.6) is 0 Å². The Morgan fingerprint density at radius 2 is 2.50 bits per heavy atom. The summed E-state index contributed by atoms with van der Waals surface area (Å²) >= 11 is 0. The highest BCUT2D eigenvalue weighted by molar-refractivity contribution is 6.12. The quantitative estimate of drug-likeness (QED) is 0.440. The topological polar surface area (TPSA) is 12.4 Å². The summed E-state index contributed by atoms with van der Waals surface area (Å²) in [5.74, 6) is 0. The molecule has 1 aliphatic heterocycles. The molecule has 0 fully saturated rings. The zero-order valence-electron chi connectivity index (χ0n) is 4.59. The van der Waals surface area contributed by atoms with E-state index in [-0.39, 0.29) is 0 Å². The maximum atomic E-state index is 4.26. The van der Waals surface area contributed by atoms with Gasteiger partial charge in [-0.1, -0.05) is 12.2 Å². The van der Waals surface area contributed by atoms with Crippen molar-refractivity contribution in [2.24, 2.45) is 4.99 Å². The molecule has 0 N–H and O–H groups in total. The van der Waals surface area contributed by atoms with Gasteiger partial charge in [-0.15, -0.1) is 0 Å². The Labute approximate surface area is 48.4 Å². The second kappa shape index (κ2) is 1.31. The maximum Gasteiger partial charge on any atom is 0.0607 e. The standard InChI is InChI=1S/C7H7N/c1-2-6-4-5-8-7(6)3-1/h1-3H,4-5H2. The van der Waals surface area contributed by atoms with E-state index in [0.29, 0.717) is 0 Å². The van der Waals surface area contributed by atoms with Gasteiger partial charge in [0.05, 0.1) is 5.71 Å². The number of aliphatic imine (C=N–C) groups is 1. The van der Waals surface area contributed by atoms with Gasteiger partial charge in [0, 0.05) is 6.54 Å². The normalized spacial score (nSPS) is 23.0. The van der Waals surface area contributed by atoms with Crippen molar-refractivity contribution in [1.82, 2.24) is 0 Å². The summed E-state index contributed by atoms with van der Waals surface area (Å²) in [6, 6.07) is 0. The van der Waals surface area contributed by atoms with Crippen molar-refractivity contribution in [2.45, 2.75) is 6.42 Å². The predicted molar refractivity (Wildman–Crippen MR) is 34.1 cm³/mol. The van der Waals surface area contributed by atoms with Crippen molar-refractivity contribution in [3.63, 3.8) is 0 Å². The summed E-state index contributed by atoms with van der Waals surface area (Å²) in [5, 5.41) is 0. The van der Waals surface area contributed by atoms with Crippen LogP contribution in [0, 0.1) is 0 Å². The van der Waals surface area contributed by atoms with Crippen molar-refractivity contribution >= 4 is 5.71 Å². The van der Waals surface area contributed by atoms with E-state index in [9.17, 15) is 0 Å². The minimum atomic E-state index is 1.01. The number of rotatable bonds is 0. The third-order valence-electron chi connectivity index (χ3n) is 1.54. The predicted octanol–water partition coefficient (Wildman–Crippen LogP) is 1.33. The fourth-order valence-corrected chi connectivity index (χ4v) is 1.11. The van der Waals surface area contributed by atoms with Crippen LogP contribution in [0.2, 0.25) is 0 Å². The van der Waals surface area contributed by atoms with Crippen LogP contribution in [0.25, 0.3) is 0 Å². The summed E-state index contributed by atoms with van der Waals surface area (Å²) in [4.78, 5) is 4.26. The van der Waals surface area contributed by atoms with Crippen LogP contribution in [0.4, 0.5) is 0 Å². The zero-order valence-corrected chi connectivity index (χ0v) is 4.59. The second-order valence-corrected chi connectivity index (χ2v) is 2.07. The van der Waals surface area contributed by atoms with Crippen LogP contribution in [-0.2, 0) is 0 Å². The summed E-state index contributed by atoms with van der Waals surface area (Å²) in [6.45, 7) is 1.01. The van der Waals surface area contributed by atoms with Crippen LogP contribution < -0.4 is 0 Å². The molecule has 8 heavy (non-hydrogen) atoms. The van der Waals surface area contributed by atoms with E-state index in [1.165, 1.54) is 11.3 Å². The molecule has 0 saturated heterocycles. The monoisotopic (exact) mass is 105 g/mol. The van der Waals surface area contributed by atoms with E-state index in [2.05, 4.69) is 23.2 Å². The van der Waals surface area contributed by atoms with Crippen LogP contribution in [0.3, 0.4) is 0 Å². The fourth-order valence-electron chi connectivity index (χ4n) is 1.11. The molecular formula is C7H7N. The Morgan fingerprint density at radius 1 is 1.50 bits per heavy atom. The Bertz CT molecular complexity index is 196. The minimum Gasteiger partial charge on any atom is -0.285 e. The lowest BCUT2D eigenvalue weighted by atomic mass is 10.2. The molecule has 0 aromatic carbocycles. The average Bonchev–Trinajstić information content (AvgIpc) is 2.15. The first kappa shape index (κ1) is 4.07. The lowest BCUT2D eigenvalue weighted by molar-refractivity contribution is 1.04. The van der Waals surface area contributed by atoms with E-state index in [1.54, 1.807) is 0 Å². The highest BCUT2D eigenvalue weighted by atomic mass is 14.8. The molecule has 0 radical (unpaired) electrons. The Balaban J connectivity index is 2.49. The third-order valence-corrected chi connectivity index (χ3v) is 1.54. The van der Waals surface area contributed by atoms with Gasteiger partial charge in [0.1, 0.15) is 0 Å². The molecule has 0 aromatic rings. The first-order chi connectivity index (χ1) is 3.97. The minimum absolute atomic E-state index is 1.01. The van der Waals surface area contributed by atoms with E-state index < -0.39 is 0 Å². The van der Waals surface area contributed by atoms with Crippen molar-refractivity contribution in [1.29, 1.82) is 0 Å². The molecule has 0 aromatic heterocycles. The summed E-state index contributed by atoms with van der Waals surface area (Å²) in [5.41, 5.74) is 2.63. The lowest BCUT2D eigenvalue weighted by Gasteiger charge is -1.84. The first-order valence-electron chi connectivity index (χ1n) is 2.89. The molecule has 1 nitrogen and oxygen atoms in total. The van der Waals surface area contributed by atoms with Gasteiger partial charge < -0.3 is 0 Å². The molecule has 1 aliphatic carbocycles. The van der Waals surface area contributed by atoms with Crippen LogP contribution in [-0.4, -0.2) is 12.3 Å². The molecule has 1 heteroatoms. The summed E-state index contributed by atoms with van der Waals surface area (Å²) in [6.07, 6.45) is 7.43. The number of hydrogen-bond acceptors (Lipinski definition) is 1. The molecule has 2 aliphatic rings. The summed E-state index contributed by atoms with van der Waals surface area (Å²) < 4.78 is 0. The Kier molecular flexibility index (Phi) is 0.668. The van der Waals surface area contributed by atoms with Gasteiger partial charge in [0.2, 0.25) is 0 Å². The highest BCUT2D eigenvalue weighted by Crippen LogP contribution is 2.17. The fraction of sp³-hybridized carbons (Fsp3) is 0.286. The van der Waals surface area contributed by atoms with E-state index >= 15 is 0 Å². The lowest BCUT2D eigenvalue weighted by Crippen LogP contribution is -1.84. The Hall–Kier alpha value is -0.850. The van der Waals surface area contributed by atoms with E-state index in [1.807, 2.05) is 0 Å². The van der Waals surface area contributed by atoms with Crippen LogP contribution in [0.15, 0.2) is 28.8 Å². The molecule has 0 unspecified atom stereocenters. The van der Waals surface area contributed by atoms with Gasteiger partial charge in [-0.2, -0.15) is 0 Å². The van der Waals surface area contributed by atoms with Crippen molar-refractivity contribution < 1.29 is 0 Å². The molecule has 0 spiro atoms. The molecular weight excluding hydrogens is 98.1 g/mol. The average molecular weight is 105 g/mol. The second-order valence-electron chi connectivity index (χ2n) is 2.07. The van der Waals surface area contributed by atoms with Gasteiger partial charge in [0.15, 0.2) is 0 Å². The molecule has 2 rings (SSSR count). The smallest absolute Gasteiger partial charge is 0.0607 e. The highest BCUT2D eigenvalue weighted by Gasteiger charge is 2.11. The molecule has 0 atom stereocenters. The SMILES string of the molecule is C1=CC2=NCCC2=C1. The summed E-state index contributed by atoms with van der Waals surface area (Å²) in [7, 11) is 0. The van der Waals surface area contributed by atoms with Gasteiger partial charge in [-0.25, -0.2) is 0 Å². The molecule has 0 bridgehead atoms. The van der Waals surface area contributed by atoms with Gasteiger partial charge in [-0.05, 0) is 18.1 Å². The van der Waals surface area contributed by atoms with Crippen molar-refractivity contribution in [3.8, 4) is 0 Å². The van der Waals surface area contributed by atoms with Crippen LogP contribution in [0.1, 0.15) is 6.42 Å². The van der Waals surface area contributed by atoms with Crippen molar-refractivity contribution in [3.05, 3.63) is 23.8 Å². The number of hydrogen-bond donors (Lipinski definition) is 0.